The molecule has 0 saturated heterocycles. The van der Waals surface area contributed by atoms with E-state index in [0.717, 1.165) is 71.1 Å². The van der Waals surface area contributed by atoms with Crippen LogP contribution in [0, 0.1) is 5.92 Å². The smallest absolute Gasteiger partial charge is 0.308 e. The molecule has 0 heterocycles. The maximum Gasteiger partial charge on any atom is 0.308 e. The first-order chi connectivity index (χ1) is 17.0. The Morgan fingerprint density at radius 3 is 1.89 bits per heavy atom. The van der Waals surface area contributed by atoms with Crippen LogP contribution >= 0.6 is 0 Å². The van der Waals surface area contributed by atoms with E-state index >= 15 is 0 Å². The maximum absolute atomic E-state index is 12.7. The van der Waals surface area contributed by atoms with Gasteiger partial charge >= 0.3 is 5.97 Å². The molecule has 0 fully saturated rings. The fourth-order valence-corrected chi connectivity index (χ4v) is 4.67. The lowest BCUT2D eigenvalue weighted by atomic mass is 9.94. The number of carbonyl (C=O) groups excluding carboxylic acids is 1. The summed E-state index contributed by atoms with van der Waals surface area (Å²) < 4.78 is 10.8. The van der Waals surface area contributed by atoms with E-state index in [4.69, 9.17) is 9.47 Å². The Kier molecular flexibility index (Phi) is 25.9. The zero-order valence-electron chi connectivity index (χ0n) is 24.0. The van der Waals surface area contributed by atoms with Gasteiger partial charge in [-0.25, -0.2) is 0 Å². The quantitative estimate of drug-likeness (QED) is 0.0934. The highest BCUT2D eigenvalue weighted by Crippen LogP contribution is 2.20. The second-order valence-corrected chi connectivity index (χ2v) is 10.6. The van der Waals surface area contributed by atoms with Crippen LogP contribution in [0.5, 0.6) is 0 Å². The topological polar surface area (TPSA) is 59.0 Å². The summed E-state index contributed by atoms with van der Waals surface area (Å²) in [4.78, 5) is 14.9. The van der Waals surface area contributed by atoms with Crippen LogP contribution in [-0.4, -0.2) is 62.5 Å². The monoisotopic (exact) mass is 499 g/mol. The molecule has 0 aliphatic carbocycles. The average Bonchev–Trinajstić information content (AvgIpc) is 2.84. The minimum absolute atomic E-state index is 0.0147. The molecule has 0 amide bonds. The van der Waals surface area contributed by atoms with Gasteiger partial charge in [-0.05, 0) is 58.5 Å². The molecule has 210 valence electrons. The van der Waals surface area contributed by atoms with Crippen molar-refractivity contribution in [1.29, 1.82) is 0 Å². The summed E-state index contributed by atoms with van der Waals surface area (Å²) in [5, 5.41) is 10.3. The molecular formula is C30H61NO4. The Labute approximate surface area is 218 Å². The molecule has 0 radical (unpaired) electrons. The first-order valence-corrected chi connectivity index (χ1v) is 15.1. The second-order valence-electron chi connectivity index (χ2n) is 10.6. The van der Waals surface area contributed by atoms with Gasteiger partial charge in [0.1, 0.15) is 0 Å². The summed E-state index contributed by atoms with van der Waals surface area (Å²) in [7, 11) is 3.84. The minimum Gasteiger partial charge on any atom is -0.465 e. The fourth-order valence-electron chi connectivity index (χ4n) is 4.67. The first kappa shape index (κ1) is 34.4. The van der Waals surface area contributed by atoms with E-state index < -0.39 is 0 Å². The van der Waals surface area contributed by atoms with Crippen molar-refractivity contribution in [3.05, 3.63) is 0 Å². The van der Waals surface area contributed by atoms with Crippen LogP contribution < -0.4 is 0 Å². The van der Waals surface area contributed by atoms with Crippen LogP contribution in [-0.2, 0) is 14.3 Å². The van der Waals surface area contributed by atoms with E-state index in [1.165, 1.54) is 70.6 Å². The summed E-state index contributed by atoms with van der Waals surface area (Å²) in [6.45, 7) is 7.56. The van der Waals surface area contributed by atoms with Crippen molar-refractivity contribution in [3.63, 3.8) is 0 Å². The predicted molar refractivity (Wildman–Crippen MR) is 149 cm³/mol. The molecule has 0 spiro atoms. The van der Waals surface area contributed by atoms with E-state index in [-0.39, 0.29) is 18.0 Å². The van der Waals surface area contributed by atoms with Gasteiger partial charge in [0.15, 0.2) is 0 Å². The summed E-state index contributed by atoms with van der Waals surface area (Å²) in [5.74, 6) is 0.0904. The zero-order chi connectivity index (χ0) is 26.0. The Bertz CT molecular complexity index is 446. The summed E-state index contributed by atoms with van der Waals surface area (Å²) >= 11 is 0. The molecule has 0 saturated carbocycles. The van der Waals surface area contributed by atoms with E-state index in [2.05, 4.69) is 25.8 Å². The van der Waals surface area contributed by atoms with Crippen molar-refractivity contribution in [1.82, 2.24) is 4.90 Å². The van der Waals surface area contributed by atoms with Crippen LogP contribution in [0.2, 0.25) is 0 Å². The van der Waals surface area contributed by atoms with Crippen LogP contribution in [0.4, 0.5) is 0 Å². The number of carbonyl (C=O) groups is 1. The molecule has 0 aromatic rings. The lowest BCUT2D eigenvalue weighted by Crippen LogP contribution is -2.30. The first-order valence-electron chi connectivity index (χ1n) is 15.1. The highest BCUT2D eigenvalue weighted by Gasteiger charge is 2.19. The molecule has 5 nitrogen and oxygen atoms in total. The molecule has 35 heavy (non-hydrogen) atoms. The number of hydrogen-bond donors (Lipinski definition) is 1. The van der Waals surface area contributed by atoms with E-state index in [9.17, 15) is 9.90 Å². The molecule has 1 N–H and O–H groups in total. The SMILES string of the molecule is CCCCCCCCC(CCCCCC)C(=O)OCCCCC(O)CN(C)CCCCCCOC. The summed E-state index contributed by atoms with van der Waals surface area (Å²) in [6, 6.07) is 0. The van der Waals surface area contributed by atoms with Crippen LogP contribution in [0.25, 0.3) is 0 Å². The molecule has 0 aromatic carbocycles. The third-order valence-corrected chi connectivity index (χ3v) is 6.98. The molecule has 2 atom stereocenters. The predicted octanol–water partition coefficient (Wildman–Crippen LogP) is 7.54. The Hall–Kier alpha value is -0.650. The van der Waals surface area contributed by atoms with Crippen molar-refractivity contribution < 1.29 is 19.4 Å². The number of hydrogen-bond acceptors (Lipinski definition) is 5. The van der Waals surface area contributed by atoms with Crippen molar-refractivity contribution in [2.75, 3.05) is 40.5 Å². The normalized spacial score (nSPS) is 13.3. The fraction of sp³-hybridized carbons (Fsp3) is 0.967. The van der Waals surface area contributed by atoms with E-state index in [1.807, 2.05) is 0 Å². The number of aliphatic hydroxyl groups is 1. The molecule has 0 bridgehead atoms. The lowest BCUT2D eigenvalue weighted by Gasteiger charge is -2.20. The van der Waals surface area contributed by atoms with E-state index in [0.29, 0.717) is 6.61 Å². The number of esters is 1. The molecular weight excluding hydrogens is 438 g/mol. The maximum atomic E-state index is 12.7. The largest absolute Gasteiger partial charge is 0.465 e. The van der Waals surface area contributed by atoms with Gasteiger partial charge in [-0.3, -0.25) is 4.79 Å². The number of nitrogens with zero attached hydrogens (tertiary/aromatic N) is 1. The second kappa shape index (κ2) is 26.4. The van der Waals surface area contributed by atoms with Crippen LogP contribution in [0.3, 0.4) is 0 Å². The van der Waals surface area contributed by atoms with Gasteiger partial charge in [-0.1, -0.05) is 90.9 Å². The number of likely N-dealkylation sites (N-methyl/N-ethyl adjacent to an activating group) is 1. The third kappa shape index (κ3) is 23.5. The zero-order valence-corrected chi connectivity index (χ0v) is 24.0. The molecule has 5 heteroatoms. The van der Waals surface area contributed by atoms with Crippen molar-refractivity contribution >= 4 is 5.97 Å². The Morgan fingerprint density at radius 2 is 1.23 bits per heavy atom. The van der Waals surface area contributed by atoms with Crippen molar-refractivity contribution in [2.45, 2.75) is 142 Å². The molecule has 0 aliphatic heterocycles. The van der Waals surface area contributed by atoms with Crippen molar-refractivity contribution in [3.8, 4) is 0 Å². The highest BCUT2D eigenvalue weighted by atomic mass is 16.5. The van der Waals surface area contributed by atoms with Crippen LogP contribution in [0.1, 0.15) is 136 Å². The van der Waals surface area contributed by atoms with E-state index in [1.54, 1.807) is 7.11 Å². The summed E-state index contributed by atoms with van der Waals surface area (Å²) in [6.07, 6.45) is 21.3. The van der Waals surface area contributed by atoms with Crippen LogP contribution in [0.15, 0.2) is 0 Å². The molecule has 0 aromatic heterocycles. The number of rotatable bonds is 27. The standard InChI is InChI=1S/C30H61NO4/c1-5-7-9-11-12-16-22-28(21-15-10-8-6-2)30(33)35-26-20-17-23-29(32)27-31(3)24-18-13-14-19-25-34-4/h28-29,32H,5-27H2,1-4H3. The molecule has 0 aliphatic rings. The van der Waals surface area contributed by atoms with Gasteiger partial charge in [0.2, 0.25) is 0 Å². The molecule has 0 rings (SSSR count). The Balaban J connectivity index is 3.99. The Morgan fingerprint density at radius 1 is 0.714 bits per heavy atom. The number of aliphatic hydroxyl groups excluding tert-OH is 1. The van der Waals surface area contributed by atoms with Gasteiger partial charge in [-0.15, -0.1) is 0 Å². The van der Waals surface area contributed by atoms with Crippen molar-refractivity contribution in [2.24, 2.45) is 5.92 Å². The average molecular weight is 500 g/mol. The number of methoxy groups -OCH3 is 1. The lowest BCUT2D eigenvalue weighted by molar-refractivity contribution is -0.149. The van der Waals surface area contributed by atoms with Gasteiger partial charge in [0.05, 0.1) is 18.6 Å². The third-order valence-electron chi connectivity index (χ3n) is 6.98. The highest BCUT2D eigenvalue weighted by molar-refractivity contribution is 5.72. The number of unbranched alkanes of at least 4 members (excludes halogenated alkanes) is 12. The number of ether oxygens (including phenoxy) is 2. The van der Waals surface area contributed by atoms with Gasteiger partial charge in [0, 0.05) is 20.3 Å². The van der Waals surface area contributed by atoms with Gasteiger partial charge in [-0.2, -0.15) is 0 Å². The molecule has 2 unspecified atom stereocenters. The minimum atomic E-state index is -0.303. The summed E-state index contributed by atoms with van der Waals surface area (Å²) in [5.41, 5.74) is 0. The van der Waals surface area contributed by atoms with Gasteiger partial charge < -0.3 is 19.5 Å². The van der Waals surface area contributed by atoms with Gasteiger partial charge in [0.25, 0.3) is 0 Å².